The third-order valence-electron chi connectivity index (χ3n) is 5.60. The average Bonchev–Trinajstić information content (AvgIpc) is 3.23. The quantitative estimate of drug-likeness (QED) is 0.625. The number of carbonyl (C=O) groups excluding carboxylic acids is 2. The monoisotopic (exact) mass is 391 g/mol. The van der Waals surface area contributed by atoms with Crippen LogP contribution in [0.25, 0.3) is 10.8 Å². The molecule has 1 amide bonds. The van der Waals surface area contributed by atoms with Crippen LogP contribution in [0.5, 0.6) is 0 Å². The Morgan fingerprint density at radius 2 is 1.62 bits per heavy atom. The lowest BCUT2D eigenvalue weighted by Gasteiger charge is -2.27. The third kappa shape index (κ3) is 3.86. The van der Waals surface area contributed by atoms with E-state index in [4.69, 9.17) is 4.74 Å². The summed E-state index contributed by atoms with van der Waals surface area (Å²) < 4.78 is 19.7. The minimum atomic E-state index is -1.01. The van der Waals surface area contributed by atoms with Crippen LogP contribution in [-0.2, 0) is 19.7 Å². The molecule has 0 atom stereocenters. The first-order chi connectivity index (χ1) is 14.1. The van der Waals surface area contributed by atoms with E-state index in [-0.39, 0.29) is 0 Å². The van der Waals surface area contributed by atoms with E-state index < -0.39 is 29.7 Å². The zero-order valence-electron chi connectivity index (χ0n) is 16.0. The zero-order valence-corrected chi connectivity index (χ0v) is 16.0. The summed E-state index contributed by atoms with van der Waals surface area (Å²) in [5.41, 5.74) is -0.0129. The van der Waals surface area contributed by atoms with E-state index in [0.29, 0.717) is 24.1 Å². The van der Waals surface area contributed by atoms with E-state index in [1.807, 2.05) is 36.4 Å². The van der Waals surface area contributed by atoms with Crippen molar-refractivity contribution in [3.63, 3.8) is 0 Å². The van der Waals surface area contributed by atoms with Crippen LogP contribution in [0.3, 0.4) is 0 Å². The lowest BCUT2D eigenvalue weighted by molar-refractivity contribution is -0.153. The second-order valence-electron chi connectivity index (χ2n) is 7.46. The number of nitrogens with one attached hydrogen (secondary N) is 1. The first-order valence-electron chi connectivity index (χ1n) is 9.79. The lowest BCUT2D eigenvalue weighted by atomic mass is 9.78. The molecule has 0 aliphatic heterocycles. The number of carbonyl (C=O) groups is 2. The number of halogens is 1. The molecule has 1 aliphatic rings. The van der Waals surface area contributed by atoms with Crippen LogP contribution in [0.1, 0.15) is 31.2 Å². The van der Waals surface area contributed by atoms with E-state index in [1.165, 1.54) is 6.07 Å². The molecule has 3 aromatic rings. The number of amides is 1. The molecule has 1 fully saturated rings. The van der Waals surface area contributed by atoms with Crippen LogP contribution in [0.4, 0.5) is 10.1 Å². The van der Waals surface area contributed by atoms with Gasteiger partial charge in [0.2, 0.25) is 0 Å². The van der Waals surface area contributed by atoms with Gasteiger partial charge in [0, 0.05) is 11.3 Å². The predicted molar refractivity (Wildman–Crippen MR) is 110 cm³/mol. The van der Waals surface area contributed by atoms with Crippen molar-refractivity contribution in [2.75, 3.05) is 11.9 Å². The van der Waals surface area contributed by atoms with Crippen LogP contribution in [0.15, 0.2) is 66.7 Å². The van der Waals surface area contributed by atoms with Crippen LogP contribution >= 0.6 is 0 Å². The number of fused-ring (bicyclic) bond motifs is 1. The molecule has 5 heteroatoms. The van der Waals surface area contributed by atoms with Gasteiger partial charge in [-0.05, 0) is 41.8 Å². The Morgan fingerprint density at radius 1 is 0.931 bits per heavy atom. The maximum Gasteiger partial charge on any atom is 0.317 e. The summed E-state index contributed by atoms with van der Waals surface area (Å²) in [4.78, 5) is 25.2. The smallest absolute Gasteiger partial charge is 0.317 e. The number of anilines is 1. The first-order valence-corrected chi connectivity index (χ1v) is 9.79. The molecule has 0 saturated heterocycles. The fraction of sp³-hybridized carbons (Fsp3) is 0.250. The topological polar surface area (TPSA) is 55.4 Å². The molecule has 0 bridgehead atoms. The minimum Gasteiger partial charge on any atom is -0.455 e. The lowest BCUT2D eigenvalue weighted by Crippen LogP contribution is -2.37. The van der Waals surface area contributed by atoms with Crippen LogP contribution < -0.4 is 5.32 Å². The zero-order chi connectivity index (χ0) is 20.3. The molecule has 0 unspecified atom stereocenters. The fourth-order valence-corrected chi connectivity index (χ4v) is 4.14. The van der Waals surface area contributed by atoms with E-state index in [2.05, 4.69) is 5.32 Å². The summed E-state index contributed by atoms with van der Waals surface area (Å²) >= 11 is 0. The molecule has 1 saturated carbocycles. The van der Waals surface area contributed by atoms with Gasteiger partial charge >= 0.3 is 5.97 Å². The number of hydrogen-bond donors (Lipinski definition) is 1. The average molecular weight is 391 g/mol. The SMILES string of the molecule is O=C(COC(=O)C1(c2ccccc2F)CCCC1)Nc1ccc2ccccc2c1. The summed E-state index contributed by atoms with van der Waals surface area (Å²) in [6.07, 6.45) is 2.71. The maximum absolute atomic E-state index is 14.4. The predicted octanol–water partition coefficient (Wildman–Crippen LogP) is 4.97. The van der Waals surface area contributed by atoms with Crippen molar-refractivity contribution < 1.29 is 18.7 Å². The third-order valence-corrected chi connectivity index (χ3v) is 5.60. The van der Waals surface area contributed by atoms with Gasteiger partial charge in [0.25, 0.3) is 5.91 Å². The van der Waals surface area contributed by atoms with Gasteiger partial charge in [-0.25, -0.2) is 4.39 Å². The molecule has 0 heterocycles. The van der Waals surface area contributed by atoms with E-state index in [9.17, 15) is 14.0 Å². The summed E-state index contributed by atoms with van der Waals surface area (Å²) in [5.74, 6) is -1.36. The van der Waals surface area contributed by atoms with Gasteiger partial charge in [-0.3, -0.25) is 9.59 Å². The summed E-state index contributed by atoms with van der Waals surface area (Å²) in [6, 6.07) is 19.7. The van der Waals surface area contributed by atoms with Crippen LogP contribution in [-0.4, -0.2) is 18.5 Å². The van der Waals surface area contributed by atoms with Gasteiger partial charge < -0.3 is 10.1 Å². The van der Waals surface area contributed by atoms with Crippen molar-refractivity contribution in [2.24, 2.45) is 0 Å². The Balaban J connectivity index is 1.43. The van der Waals surface area contributed by atoms with Crippen molar-refractivity contribution in [2.45, 2.75) is 31.1 Å². The van der Waals surface area contributed by atoms with E-state index >= 15 is 0 Å². The number of benzene rings is 3. The Bertz CT molecular complexity index is 1060. The van der Waals surface area contributed by atoms with Crippen molar-refractivity contribution in [1.29, 1.82) is 0 Å². The number of rotatable bonds is 5. The van der Waals surface area contributed by atoms with Gasteiger partial charge in [-0.1, -0.05) is 61.4 Å². The van der Waals surface area contributed by atoms with Gasteiger partial charge in [0.15, 0.2) is 6.61 Å². The highest BCUT2D eigenvalue weighted by molar-refractivity contribution is 5.96. The number of esters is 1. The maximum atomic E-state index is 14.4. The van der Waals surface area contributed by atoms with E-state index in [0.717, 1.165) is 23.6 Å². The summed E-state index contributed by atoms with van der Waals surface area (Å²) in [5, 5.41) is 4.83. The number of ether oxygens (including phenoxy) is 1. The fourth-order valence-electron chi connectivity index (χ4n) is 4.14. The molecule has 0 radical (unpaired) electrons. The Kier molecular flexibility index (Phi) is 5.30. The summed E-state index contributed by atoms with van der Waals surface area (Å²) in [7, 11) is 0. The molecule has 4 nitrogen and oxygen atoms in total. The molecule has 148 valence electrons. The molecular formula is C24H22FNO3. The standard InChI is InChI=1S/C24H22FNO3/c25-21-10-4-3-9-20(21)24(13-5-6-14-24)23(28)29-16-22(27)26-19-12-11-17-7-1-2-8-18(17)15-19/h1-4,7-12,15H,5-6,13-14,16H2,(H,26,27). The molecule has 29 heavy (non-hydrogen) atoms. The second kappa shape index (κ2) is 8.03. The summed E-state index contributed by atoms with van der Waals surface area (Å²) in [6.45, 7) is -0.401. The molecule has 1 N–H and O–H groups in total. The highest BCUT2D eigenvalue weighted by Crippen LogP contribution is 2.43. The van der Waals surface area contributed by atoms with Crippen molar-refractivity contribution in [1.82, 2.24) is 0 Å². The highest BCUT2D eigenvalue weighted by atomic mass is 19.1. The van der Waals surface area contributed by atoms with Crippen LogP contribution in [0.2, 0.25) is 0 Å². The van der Waals surface area contributed by atoms with Crippen molar-refractivity contribution >= 4 is 28.3 Å². The second-order valence-corrected chi connectivity index (χ2v) is 7.46. The molecule has 3 aromatic carbocycles. The Labute approximate surface area is 168 Å². The highest BCUT2D eigenvalue weighted by Gasteiger charge is 2.45. The van der Waals surface area contributed by atoms with Crippen LogP contribution in [0, 0.1) is 5.82 Å². The Hall–Kier alpha value is -3.21. The molecule has 0 spiro atoms. The first kappa shape index (κ1) is 19.1. The molecule has 1 aliphatic carbocycles. The van der Waals surface area contributed by atoms with Gasteiger partial charge in [0.05, 0.1) is 5.41 Å². The van der Waals surface area contributed by atoms with Gasteiger partial charge in [-0.15, -0.1) is 0 Å². The minimum absolute atomic E-state index is 0.359. The normalized spacial score (nSPS) is 15.2. The number of hydrogen-bond acceptors (Lipinski definition) is 3. The molecule has 0 aromatic heterocycles. The van der Waals surface area contributed by atoms with Gasteiger partial charge in [0.1, 0.15) is 5.82 Å². The molecular weight excluding hydrogens is 369 g/mol. The molecule has 4 rings (SSSR count). The van der Waals surface area contributed by atoms with Crippen molar-refractivity contribution in [3.05, 3.63) is 78.1 Å². The van der Waals surface area contributed by atoms with Gasteiger partial charge in [-0.2, -0.15) is 0 Å². The largest absolute Gasteiger partial charge is 0.455 e. The van der Waals surface area contributed by atoms with E-state index in [1.54, 1.807) is 24.3 Å². The Morgan fingerprint density at radius 3 is 2.38 bits per heavy atom. The van der Waals surface area contributed by atoms with Crippen molar-refractivity contribution in [3.8, 4) is 0 Å².